The number of hydrogen-bond acceptors (Lipinski definition) is 2. The second kappa shape index (κ2) is 6.83. The minimum Gasteiger partial charge on any atom is -0.458 e. The fourth-order valence-corrected chi connectivity index (χ4v) is 1.48. The van der Waals surface area contributed by atoms with Crippen molar-refractivity contribution in [2.24, 2.45) is 0 Å². The number of carbonyl (C=O) groups is 1. The van der Waals surface area contributed by atoms with Crippen LogP contribution in [0.15, 0.2) is 43.0 Å². The van der Waals surface area contributed by atoms with Crippen LogP contribution in [-0.4, -0.2) is 12.1 Å². The van der Waals surface area contributed by atoms with Crippen LogP contribution in [0.1, 0.15) is 25.3 Å². The van der Waals surface area contributed by atoms with Gasteiger partial charge in [0.2, 0.25) is 0 Å². The minimum atomic E-state index is -0.190. The first-order valence-corrected chi connectivity index (χ1v) is 5.62. The van der Waals surface area contributed by atoms with Gasteiger partial charge in [-0.1, -0.05) is 56.3 Å². The first kappa shape index (κ1) is 12.5. The van der Waals surface area contributed by atoms with E-state index in [2.05, 4.69) is 13.5 Å². The Labute approximate surface area is 96.9 Å². The van der Waals surface area contributed by atoms with Gasteiger partial charge in [0.25, 0.3) is 0 Å². The van der Waals surface area contributed by atoms with E-state index in [-0.39, 0.29) is 12.1 Å². The quantitative estimate of drug-likeness (QED) is 0.541. The summed E-state index contributed by atoms with van der Waals surface area (Å²) in [6.07, 6.45) is 3.68. The first-order chi connectivity index (χ1) is 7.76. The normalized spacial score (nSPS) is 11.8. The van der Waals surface area contributed by atoms with Gasteiger partial charge in [-0.2, -0.15) is 0 Å². The van der Waals surface area contributed by atoms with Gasteiger partial charge >= 0.3 is 5.97 Å². The molecule has 1 aromatic carbocycles. The Morgan fingerprint density at radius 2 is 2.12 bits per heavy atom. The standard InChI is InChI=1S/C14H18O2/c1-3-8-13(4-2)16-14(15)11-12-9-6-5-7-10-12/h4-7,9-10,13H,2-3,8,11H2,1H3/t13-/m0/s1. The lowest BCUT2D eigenvalue weighted by Crippen LogP contribution is -2.17. The minimum absolute atomic E-state index is 0.152. The molecular formula is C14H18O2. The van der Waals surface area contributed by atoms with Crippen LogP contribution in [0.2, 0.25) is 0 Å². The summed E-state index contributed by atoms with van der Waals surface area (Å²) in [4.78, 5) is 11.6. The Morgan fingerprint density at radius 1 is 1.44 bits per heavy atom. The molecule has 0 aliphatic heterocycles. The maximum Gasteiger partial charge on any atom is 0.310 e. The van der Waals surface area contributed by atoms with Crippen LogP contribution in [0.25, 0.3) is 0 Å². The van der Waals surface area contributed by atoms with Gasteiger partial charge in [-0.3, -0.25) is 4.79 Å². The third-order valence-corrected chi connectivity index (χ3v) is 2.31. The van der Waals surface area contributed by atoms with Crippen LogP contribution in [-0.2, 0) is 16.0 Å². The molecule has 0 heterocycles. The van der Waals surface area contributed by atoms with E-state index in [1.165, 1.54) is 0 Å². The maximum absolute atomic E-state index is 11.6. The monoisotopic (exact) mass is 218 g/mol. The Bertz CT molecular complexity index is 330. The molecule has 0 spiro atoms. The molecule has 0 N–H and O–H groups in total. The van der Waals surface area contributed by atoms with Gasteiger partial charge in [0.1, 0.15) is 6.10 Å². The van der Waals surface area contributed by atoms with Crippen molar-refractivity contribution in [3.8, 4) is 0 Å². The van der Waals surface area contributed by atoms with Crippen LogP contribution in [0, 0.1) is 0 Å². The summed E-state index contributed by atoms with van der Waals surface area (Å²) in [6, 6.07) is 9.60. The molecular weight excluding hydrogens is 200 g/mol. The van der Waals surface area contributed by atoms with Gasteiger partial charge < -0.3 is 4.74 Å². The van der Waals surface area contributed by atoms with E-state index in [1.807, 2.05) is 30.3 Å². The van der Waals surface area contributed by atoms with Crippen molar-refractivity contribution in [3.05, 3.63) is 48.6 Å². The third kappa shape index (κ3) is 4.30. The van der Waals surface area contributed by atoms with E-state index in [0.717, 1.165) is 18.4 Å². The average Bonchev–Trinajstić information content (AvgIpc) is 2.29. The second-order valence-corrected chi connectivity index (χ2v) is 3.72. The van der Waals surface area contributed by atoms with Crippen LogP contribution in [0.5, 0.6) is 0 Å². The Balaban J connectivity index is 2.44. The highest BCUT2D eigenvalue weighted by atomic mass is 16.5. The van der Waals surface area contributed by atoms with Gasteiger partial charge in [0.15, 0.2) is 0 Å². The van der Waals surface area contributed by atoms with Crippen molar-refractivity contribution in [3.63, 3.8) is 0 Å². The first-order valence-electron chi connectivity index (χ1n) is 5.62. The molecule has 16 heavy (non-hydrogen) atoms. The highest BCUT2D eigenvalue weighted by molar-refractivity contribution is 5.72. The van der Waals surface area contributed by atoms with E-state index >= 15 is 0 Å². The van der Waals surface area contributed by atoms with Crippen LogP contribution in [0.3, 0.4) is 0 Å². The fourth-order valence-electron chi connectivity index (χ4n) is 1.48. The lowest BCUT2D eigenvalue weighted by molar-refractivity contribution is -0.146. The van der Waals surface area contributed by atoms with E-state index < -0.39 is 0 Å². The molecule has 0 aliphatic carbocycles. The Morgan fingerprint density at radius 3 is 2.69 bits per heavy atom. The molecule has 0 amide bonds. The molecule has 0 saturated heterocycles. The predicted molar refractivity (Wildman–Crippen MR) is 65.1 cm³/mol. The third-order valence-electron chi connectivity index (χ3n) is 2.31. The van der Waals surface area contributed by atoms with Crippen molar-refractivity contribution in [1.29, 1.82) is 0 Å². The van der Waals surface area contributed by atoms with Gasteiger partial charge in [0, 0.05) is 0 Å². The van der Waals surface area contributed by atoms with Crippen molar-refractivity contribution in [2.75, 3.05) is 0 Å². The lowest BCUT2D eigenvalue weighted by Gasteiger charge is -2.12. The molecule has 0 aromatic heterocycles. The largest absolute Gasteiger partial charge is 0.458 e. The van der Waals surface area contributed by atoms with Gasteiger partial charge in [-0.15, -0.1) is 0 Å². The van der Waals surface area contributed by atoms with Crippen LogP contribution < -0.4 is 0 Å². The zero-order chi connectivity index (χ0) is 11.8. The van der Waals surface area contributed by atoms with Crippen LogP contribution >= 0.6 is 0 Å². The summed E-state index contributed by atoms with van der Waals surface area (Å²) in [5.41, 5.74) is 0.979. The van der Waals surface area contributed by atoms with Gasteiger partial charge in [-0.05, 0) is 12.0 Å². The van der Waals surface area contributed by atoms with Crippen LogP contribution in [0.4, 0.5) is 0 Å². The number of hydrogen-bond donors (Lipinski definition) is 0. The zero-order valence-corrected chi connectivity index (χ0v) is 9.69. The second-order valence-electron chi connectivity index (χ2n) is 3.72. The van der Waals surface area contributed by atoms with Gasteiger partial charge in [-0.25, -0.2) is 0 Å². The van der Waals surface area contributed by atoms with E-state index in [1.54, 1.807) is 6.08 Å². The Kier molecular flexibility index (Phi) is 5.34. The smallest absolute Gasteiger partial charge is 0.310 e. The number of carbonyl (C=O) groups excluding carboxylic acids is 1. The molecule has 0 radical (unpaired) electrons. The van der Waals surface area contributed by atoms with Gasteiger partial charge in [0.05, 0.1) is 6.42 Å². The highest BCUT2D eigenvalue weighted by Gasteiger charge is 2.10. The van der Waals surface area contributed by atoms with Crippen molar-refractivity contribution < 1.29 is 9.53 Å². The topological polar surface area (TPSA) is 26.3 Å². The molecule has 1 atom stereocenters. The molecule has 0 fully saturated rings. The number of esters is 1. The van der Waals surface area contributed by atoms with E-state index in [0.29, 0.717) is 6.42 Å². The molecule has 2 nitrogen and oxygen atoms in total. The van der Waals surface area contributed by atoms with E-state index in [4.69, 9.17) is 4.74 Å². The molecule has 1 rings (SSSR count). The summed E-state index contributed by atoms with van der Waals surface area (Å²) in [7, 11) is 0. The predicted octanol–water partition coefficient (Wildman–Crippen LogP) is 3.13. The number of ether oxygens (including phenoxy) is 1. The molecule has 0 unspecified atom stereocenters. The summed E-state index contributed by atoms with van der Waals surface area (Å²) in [6.45, 7) is 5.72. The van der Waals surface area contributed by atoms with Crippen molar-refractivity contribution in [2.45, 2.75) is 32.3 Å². The van der Waals surface area contributed by atoms with Crippen molar-refractivity contribution >= 4 is 5.97 Å². The fraction of sp³-hybridized carbons (Fsp3) is 0.357. The van der Waals surface area contributed by atoms with E-state index in [9.17, 15) is 4.79 Å². The average molecular weight is 218 g/mol. The molecule has 0 bridgehead atoms. The zero-order valence-electron chi connectivity index (χ0n) is 9.69. The number of rotatable bonds is 6. The SMILES string of the molecule is C=C[C@@H](CCC)OC(=O)Cc1ccccc1. The summed E-state index contributed by atoms with van der Waals surface area (Å²) in [5, 5.41) is 0. The molecule has 2 heteroatoms. The maximum atomic E-state index is 11.6. The molecule has 1 aromatic rings. The molecule has 86 valence electrons. The lowest BCUT2D eigenvalue weighted by atomic mass is 10.1. The number of benzene rings is 1. The Hall–Kier alpha value is -1.57. The van der Waals surface area contributed by atoms with Crippen molar-refractivity contribution in [1.82, 2.24) is 0 Å². The molecule has 0 saturated carbocycles. The highest BCUT2D eigenvalue weighted by Crippen LogP contribution is 2.07. The molecule has 0 aliphatic rings. The summed E-state index contributed by atoms with van der Waals surface area (Å²) in [5.74, 6) is -0.190. The summed E-state index contributed by atoms with van der Waals surface area (Å²) >= 11 is 0. The summed E-state index contributed by atoms with van der Waals surface area (Å²) < 4.78 is 5.29.